The molecule has 3 aromatic rings. The lowest BCUT2D eigenvalue weighted by Crippen LogP contribution is -2.26. The van der Waals surface area contributed by atoms with Gasteiger partial charge in [-0.1, -0.05) is 65.8 Å². The Balaban J connectivity index is 1.45. The quantitative estimate of drug-likeness (QED) is 0.710. The van der Waals surface area contributed by atoms with E-state index in [-0.39, 0.29) is 11.9 Å². The number of rotatable bonds is 7. The fraction of sp³-hybridized carbons (Fsp3) is 0.250. The van der Waals surface area contributed by atoms with E-state index < -0.39 is 0 Å². The topological polar surface area (TPSA) is 68.0 Å². The highest BCUT2D eigenvalue weighted by molar-refractivity contribution is 5.76. The molecule has 2 aromatic carbocycles. The van der Waals surface area contributed by atoms with Gasteiger partial charge in [-0.05, 0) is 18.9 Å². The highest BCUT2D eigenvalue weighted by atomic mass is 16.5. The molecule has 5 heteroatoms. The second kappa shape index (κ2) is 8.24. The highest BCUT2D eigenvalue weighted by Crippen LogP contribution is 2.16. The van der Waals surface area contributed by atoms with E-state index in [1.807, 2.05) is 67.6 Å². The summed E-state index contributed by atoms with van der Waals surface area (Å²) in [5.41, 5.74) is 2.02. The van der Waals surface area contributed by atoms with Crippen molar-refractivity contribution in [1.82, 2.24) is 15.5 Å². The van der Waals surface area contributed by atoms with Crippen molar-refractivity contribution < 1.29 is 9.32 Å². The first-order chi connectivity index (χ1) is 12.2. The number of amides is 1. The van der Waals surface area contributed by atoms with E-state index in [1.54, 1.807) is 0 Å². The SMILES string of the molecule is CC(NC(=O)CCCc1nc(-c2ccccc2)no1)c1ccccc1. The minimum Gasteiger partial charge on any atom is -0.350 e. The molecule has 0 saturated heterocycles. The molecule has 1 unspecified atom stereocenters. The summed E-state index contributed by atoms with van der Waals surface area (Å²) in [5, 5.41) is 6.99. The van der Waals surface area contributed by atoms with Crippen LogP contribution in [-0.4, -0.2) is 16.0 Å². The second-order valence-corrected chi connectivity index (χ2v) is 5.93. The van der Waals surface area contributed by atoms with Crippen LogP contribution in [0.15, 0.2) is 65.2 Å². The highest BCUT2D eigenvalue weighted by Gasteiger charge is 2.11. The van der Waals surface area contributed by atoms with Crippen LogP contribution in [0.2, 0.25) is 0 Å². The van der Waals surface area contributed by atoms with Gasteiger partial charge >= 0.3 is 0 Å². The fourth-order valence-electron chi connectivity index (χ4n) is 2.60. The molecule has 0 aliphatic rings. The number of hydrogen-bond acceptors (Lipinski definition) is 4. The van der Waals surface area contributed by atoms with E-state index in [0.29, 0.717) is 31.0 Å². The lowest BCUT2D eigenvalue weighted by molar-refractivity contribution is -0.121. The Morgan fingerprint density at radius 2 is 1.76 bits per heavy atom. The summed E-state index contributed by atoms with van der Waals surface area (Å²) in [4.78, 5) is 16.4. The molecule has 5 nitrogen and oxygen atoms in total. The maximum atomic E-state index is 12.1. The average molecular weight is 335 g/mol. The number of nitrogens with zero attached hydrogens (tertiary/aromatic N) is 2. The first-order valence-electron chi connectivity index (χ1n) is 8.44. The lowest BCUT2D eigenvalue weighted by Gasteiger charge is -2.13. The summed E-state index contributed by atoms with van der Waals surface area (Å²) < 4.78 is 5.26. The van der Waals surface area contributed by atoms with E-state index in [4.69, 9.17) is 4.52 Å². The van der Waals surface area contributed by atoms with Crippen LogP contribution >= 0.6 is 0 Å². The van der Waals surface area contributed by atoms with Gasteiger partial charge in [-0.2, -0.15) is 4.98 Å². The standard InChI is InChI=1S/C20H21N3O2/c1-15(16-9-4-2-5-10-16)21-18(24)13-8-14-19-22-20(23-25-19)17-11-6-3-7-12-17/h2-7,9-12,15H,8,13-14H2,1H3,(H,21,24). The van der Waals surface area contributed by atoms with Crippen molar-refractivity contribution in [3.8, 4) is 11.4 Å². The Hall–Kier alpha value is -2.95. The second-order valence-electron chi connectivity index (χ2n) is 5.93. The molecule has 0 bridgehead atoms. The van der Waals surface area contributed by atoms with Gasteiger partial charge in [0.1, 0.15) is 0 Å². The summed E-state index contributed by atoms with van der Waals surface area (Å²) in [5.74, 6) is 1.17. The maximum absolute atomic E-state index is 12.1. The number of hydrogen-bond donors (Lipinski definition) is 1. The third kappa shape index (κ3) is 4.76. The zero-order valence-corrected chi connectivity index (χ0v) is 14.2. The van der Waals surface area contributed by atoms with E-state index in [1.165, 1.54) is 0 Å². The van der Waals surface area contributed by atoms with Gasteiger partial charge in [0.25, 0.3) is 0 Å². The van der Waals surface area contributed by atoms with Crippen LogP contribution in [0.5, 0.6) is 0 Å². The summed E-state index contributed by atoms with van der Waals surface area (Å²) in [6.45, 7) is 1.98. The molecule has 0 spiro atoms. The first kappa shape index (κ1) is 16.9. The van der Waals surface area contributed by atoms with E-state index in [2.05, 4.69) is 15.5 Å². The van der Waals surface area contributed by atoms with E-state index >= 15 is 0 Å². The molecule has 25 heavy (non-hydrogen) atoms. The molecule has 0 aliphatic carbocycles. The molecule has 0 radical (unpaired) electrons. The first-order valence-corrected chi connectivity index (χ1v) is 8.44. The molecule has 3 rings (SSSR count). The Labute approximate surface area is 147 Å². The van der Waals surface area contributed by atoms with Crippen molar-refractivity contribution in [3.63, 3.8) is 0 Å². The van der Waals surface area contributed by atoms with Crippen LogP contribution in [0.4, 0.5) is 0 Å². The maximum Gasteiger partial charge on any atom is 0.226 e. The number of aryl methyl sites for hydroxylation is 1. The molecule has 128 valence electrons. The Bertz CT molecular complexity index is 800. The molecule has 1 heterocycles. The average Bonchev–Trinajstić information content (AvgIpc) is 3.12. The monoisotopic (exact) mass is 335 g/mol. The summed E-state index contributed by atoms with van der Waals surface area (Å²) in [6, 6.07) is 19.6. The third-order valence-electron chi connectivity index (χ3n) is 3.97. The Kier molecular flexibility index (Phi) is 5.57. The van der Waals surface area contributed by atoms with Crippen molar-refractivity contribution in [2.24, 2.45) is 0 Å². The van der Waals surface area contributed by atoms with Crippen LogP contribution in [0.25, 0.3) is 11.4 Å². The van der Waals surface area contributed by atoms with Gasteiger partial charge in [0.05, 0.1) is 6.04 Å². The Morgan fingerprint density at radius 1 is 1.08 bits per heavy atom. The zero-order valence-electron chi connectivity index (χ0n) is 14.2. The van der Waals surface area contributed by atoms with Crippen LogP contribution < -0.4 is 5.32 Å². The van der Waals surface area contributed by atoms with Crippen molar-refractivity contribution in [2.45, 2.75) is 32.2 Å². The summed E-state index contributed by atoms with van der Waals surface area (Å²) >= 11 is 0. The van der Waals surface area contributed by atoms with Crippen LogP contribution in [0.3, 0.4) is 0 Å². The predicted molar refractivity (Wildman–Crippen MR) is 95.7 cm³/mol. The van der Waals surface area contributed by atoms with Crippen LogP contribution in [-0.2, 0) is 11.2 Å². The molecule has 1 amide bonds. The summed E-state index contributed by atoms with van der Waals surface area (Å²) in [7, 11) is 0. The van der Waals surface area contributed by atoms with Gasteiger partial charge in [0.15, 0.2) is 0 Å². The fourth-order valence-corrected chi connectivity index (χ4v) is 2.60. The number of aromatic nitrogens is 2. The molecule has 0 saturated carbocycles. The van der Waals surface area contributed by atoms with Gasteiger partial charge in [0.2, 0.25) is 17.6 Å². The molecule has 0 aliphatic heterocycles. The minimum absolute atomic E-state index is 0.00166. The molecule has 0 fully saturated rings. The normalized spacial score (nSPS) is 11.9. The van der Waals surface area contributed by atoms with Crippen molar-refractivity contribution in [2.75, 3.05) is 0 Å². The molecule has 1 N–H and O–H groups in total. The zero-order chi connectivity index (χ0) is 17.5. The van der Waals surface area contributed by atoms with Gasteiger partial charge in [-0.25, -0.2) is 0 Å². The van der Waals surface area contributed by atoms with Crippen molar-refractivity contribution in [3.05, 3.63) is 72.1 Å². The number of carbonyl (C=O) groups is 1. The van der Waals surface area contributed by atoms with Crippen molar-refractivity contribution >= 4 is 5.91 Å². The van der Waals surface area contributed by atoms with Gasteiger partial charge in [-0.15, -0.1) is 0 Å². The van der Waals surface area contributed by atoms with Crippen molar-refractivity contribution in [1.29, 1.82) is 0 Å². The lowest BCUT2D eigenvalue weighted by atomic mass is 10.1. The smallest absolute Gasteiger partial charge is 0.226 e. The summed E-state index contributed by atoms with van der Waals surface area (Å²) in [6.07, 6.45) is 1.69. The third-order valence-corrected chi connectivity index (χ3v) is 3.97. The number of carbonyl (C=O) groups excluding carboxylic acids is 1. The van der Waals surface area contributed by atoms with Crippen LogP contribution in [0, 0.1) is 0 Å². The van der Waals surface area contributed by atoms with E-state index in [9.17, 15) is 4.79 Å². The van der Waals surface area contributed by atoms with E-state index in [0.717, 1.165) is 11.1 Å². The molecule has 1 atom stereocenters. The number of nitrogens with one attached hydrogen (secondary N) is 1. The minimum atomic E-state index is 0.00166. The van der Waals surface area contributed by atoms with Gasteiger partial charge < -0.3 is 9.84 Å². The predicted octanol–water partition coefficient (Wildman–Crippen LogP) is 3.94. The molecular weight excluding hydrogens is 314 g/mol. The molecular formula is C20H21N3O2. The molecule has 1 aromatic heterocycles. The van der Waals surface area contributed by atoms with Gasteiger partial charge in [-0.3, -0.25) is 4.79 Å². The largest absolute Gasteiger partial charge is 0.350 e. The van der Waals surface area contributed by atoms with Gasteiger partial charge in [0, 0.05) is 18.4 Å². The number of benzene rings is 2. The Morgan fingerprint density at radius 3 is 2.48 bits per heavy atom. The van der Waals surface area contributed by atoms with Crippen LogP contribution in [0.1, 0.15) is 37.3 Å².